The molecule has 1 aliphatic rings. The highest BCUT2D eigenvalue weighted by Gasteiger charge is 2.30. The van der Waals surface area contributed by atoms with E-state index in [9.17, 15) is 14.7 Å². The summed E-state index contributed by atoms with van der Waals surface area (Å²) in [5.74, 6) is -1.66. The lowest BCUT2D eigenvalue weighted by Gasteiger charge is -2.04. The second kappa shape index (κ2) is 6.67. The topological polar surface area (TPSA) is 93.9 Å². The number of nitrogens with one attached hydrogen (secondary N) is 1. The summed E-state index contributed by atoms with van der Waals surface area (Å²) >= 11 is 4.36. The van der Waals surface area contributed by atoms with Crippen molar-refractivity contribution in [3.8, 4) is 0 Å². The fraction of sp³-hybridized carbons (Fsp3) is 0.167. The molecule has 1 amide bonds. The molecule has 0 aliphatic carbocycles. The molecule has 6 nitrogen and oxygen atoms in total. The van der Waals surface area contributed by atoms with E-state index in [0.717, 1.165) is 21.8 Å². The van der Waals surface area contributed by atoms with Gasteiger partial charge in [0.25, 0.3) is 0 Å². The van der Waals surface area contributed by atoms with Crippen LogP contribution in [0.15, 0.2) is 38.9 Å². The number of carbonyl (C=O) groups excluding carboxylic acids is 2. The number of hydrogen-bond acceptors (Lipinski definition) is 6. The smallest absolute Gasteiger partial charge is 0.239 e. The van der Waals surface area contributed by atoms with E-state index in [2.05, 4.69) is 31.4 Å². The third kappa shape index (κ3) is 4.17. The Morgan fingerprint density at radius 2 is 2.15 bits per heavy atom. The molecule has 1 aromatic carbocycles. The first kappa shape index (κ1) is 14.7. The van der Waals surface area contributed by atoms with Crippen LogP contribution in [0.4, 0.5) is 0 Å². The lowest BCUT2D eigenvalue weighted by molar-refractivity contribution is -0.305. The summed E-state index contributed by atoms with van der Waals surface area (Å²) in [7, 11) is 0. The summed E-state index contributed by atoms with van der Waals surface area (Å²) in [6.07, 6.45) is 1.20. The first-order valence-electron chi connectivity index (χ1n) is 5.58. The minimum Gasteiger partial charge on any atom is -0.550 e. The summed E-state index contributed by atoms with van der Waals surface area (Å²) < 4.78 is 0.963. The second-order valence-corrected chi connectivity index (χ2v) is 5.98. The number of carboxylic acid groups (broad SMARTS) is 1. The number of amides is 1. The highest BCUT2D eigenvalue weighted by Crippen LogP contribution is 2.21. The van der Waals surface area contributed by atoms with Gasteiger partial charge in [0.05, 0.1) is 11.5 Å². The van der Waals surface area contributed by atoms with Crippen molar-refractivity contribution in [3.05, 3.63) is 34.3 Å². The Bertz CT molecular complexity index is 586. The summed E-state index contributed by atoms with van der Waals surface area (Å²) in [4.78, 5) is 21.9. The van der Waals surface area contributed by atoms with Crippen LogP contribution >= 0.6 is 27.7 Å². The predicted octanol–water partition coefficient (Wildman–Crippen LogP) is 0.511. The maximum Gasteiger partial charge on any atom is 0.239 e. The lowest BCUT2D eigenvalue weighted by atomic mass is 10.2. The molecule has 8 heteroatoms. The molecule has 0 radical (unpaired) electrons. The van der Waals surface area contributed by atoms with Gasteiger partial charge in [-0.3, -0.25) is 4.79 Å². The van der Waals surface area contributed by atoms with Gasteiger partial charge < -0.3 is 15.2 Å². The number of halogens is 1. The van der Waals surface area contributed by atoms with Crippen LogP contribution in [0.3, 0.4) is 0 Å². The molecule has 20 heavy (non-hydrogen) atoms. The largest absolute Gasteiger partial charge is 0.550 e. The molecule has 104 valence electrons. The molecule has 2 rings (SSSR count). The molecule has 1 atom stereocenters. The SMILES string of the molecule is O=C([O-])C[C@H]1S/C(=N\N=C/c2ccc(Br)cc2)NC1=O. The number of benzene rings is 1. The van der Waals surface area contributed by atoms with Gasteiger partial charge in [-0.15, -0.1) is 5.10 Å². The first-order valence-corrected chi connectivity index (χ1v) is 7.26. The van der Waals surface area contributed by atoms with Crippen LogP contribution in [0.1, 0.15) is 12.0 Å². The van der Waals surface area contributed by atoms with E-state index < -0.39 is 17.1 Å². The Labute approximate surface area is 127 Å². The highest BCUT2D eigenvalue weighted by atomic mass is 79.9. The Balaban J connectivity index is 1.97. The molecule has 0 bridgehead atoms. The van der Waals surface area contributed by atoms with E-state index in [1.54, 1.807) is 0 Å². The van der Waals surface area contributed by atoms with Crippen molar-refractivity contribution in [2.45, 2.75) is 11.7 Å². The molecular formula is C12H9BrN3O3S-. The number of carbonyl (C=O) groups is 2. The molecular weight excluding hydrogens is 346 g/mol. The molecule has 1 aromatic rings. The number of amidine groups is 1. The van der Waals surface area contributed by atoms with Crippen LogP contribution < -0.4 is 10.4 Å². The molecule has 0 saturated carbocycles. The van der Waals surface area contributed by atoms with Crippen molar-refractivity contribution in [3.63, 3.8) is 0 Å². The van der Waals surface area contributed by atoms with Gasteiger partial charge >= 0.3 is 0 Å². The van der Waals surface area contributed by atoms with Crippen LogP contribution in [-0.2, 0) is 9.59 Å². The van der Waals surface area contributed by atoms with E-state index in [4.69, 9.17) is 0 Å². The van der Waals surface area contributed by atoms with Gasteiger partial charge in [-0.2, -0.15) is 5.10 Å². The van der Waals surface area contributed by atoms with E-state index in [0.29, 0.717) is 0 Å². The van der Waals surface area contributed by atoms with Crippen molar-refractivity contribution >= 4 is 51.0 Å². The number of hydrogen-bond donors (Lipinski definition) is 1. The second-order valence-electron chi connectivity index (χ2n) is 3.87. The maximum absolute atomic E-state index is 11.4. The zero-order chi connectivity index (χ0) is 14.5. The Hall–Kier alpha value is -1.67. The predicted molar refractivity (Wildman–Crippen MR) is 78.3 cm³/mol. The number of carboxylic acids is 1. The fourth-order valence-corrected chi connectivity index (χ4v) is 2.61. The van der Waals surface area contributed by atoms with E-state index in [1.165, 1.54) is 6.21 Å². The number of aliphatic carboxylic acids is 1. The third-order valence-electron chi connectivity index (χ3n) is 2.35. The highest BCUT2D eigenvalue weighted by molar-refractivity contribution is 9.10. The molecule has 1 heterocycles. The van der Waals surface area contributed by atoms with Crippen LogP contribution in [0, 0.1) is 0 Å². The minimum atomic E-state index is -1.27. The quantitative estimate of drug-likeness (QED) is 0.629. The number of thioether (sulfide) groups is 1. The average Bonchev–Trinajstić information content (AvgIpc) is 2.72. The summed E-state index contributed by atoms with van der Waals surface area (Å²) in [6.45, 7) is 0. The van der Waals surface area contributed by atoms with Crippen molar-refractivity contribution in [1.82, 2.24) is 5.32 Å². The van der Waals surface area contributed by atoms with Crippen LogP contribution in [0.5, 0.6) is 0 Å². The minimum absolute atomic E-state index is 0.287. The first-order chi connectivity index (χ1) is 9.54. The normalized spacial score (nSPS) is 20.6. The van der Waals surface area contributed by atoms with Crippen molar-refractivity contribution in [2.24, 2.45) is 10.2 Å². The van der Waals surface area contributed by atoms with Crippen LogP contribution in [-0.4, -0.2) is 28.5 Å². The summed E-state index contributed by atoms with van der Waals surface area (Å²) in [5.41, 5.74) is 0.859. The van der Waals surface area contributed by atoms with Gasteiger partial charge in [0, 0.05) is 16.9 Å². The molecule has 1 N–H and O–H groups in total. The van der Waals surface area contributed by atoms with Gasteiger partial charge in [-0.05, 0) is 17.7 Å². The Kier molecular flexibility index (Phi) is 4.91. The summed E-state index contributed by atoms with van der Waals surface area (Å²) in [6, 6.07) is 7.45. The maximum atomic E-state index is 11.4. The van der Waals surface area contributed by atoms with Crippen molar-refractivity contribution in [2.75, 3.05) is 0 Å². The zero-order valence-corrected chi connectivity index (χ0v) is 12.5. The van der Waals surface area contributed by atoms with Crippen molar-refractivity contribution in [1.29, 1.82) is 0 Å². The molecule has 1 saturated heterocycles. The zero-order valence-electron chi connectivity index (χ0n) is 10.1. The summed E-state index contributed by atoms with van der Waals surface area (Å²) in [5, 5.41) is 20.2. The monoisotopic (exact) mass is 354 g/mol. The molecule has 1 fully saturated rings. The number of rotatable bonds is 4. The van der Waals surface area contributed by atoms with E-state index >= 15 is 0 Å². The molecule has 1 aliphatic heterocycles. The molecule has 0 aromatic heterocycles. The van der Waals surface area contributed by atoms with Gasteiger partial charge in [-0.25, -0.2) is 0 Å². The van der Waals surface area contributed by atoms with Gasteiger partial charge in [0.15, 0.2) is 5.17 Å². The van der Waals surface area contributed by atoms with Crippen molar-refractivity contribution < 1.29 is 14.7 Å². The number of nitrogens with zero attached hydrogens (tertiary/aromatic N) is 2. The molecule has 0 unspecified atom stereocenters. The van der Waals surface area contributed by atoms with E-state index in [1.807, 2.05) is 24.3 Å². The third-order valence-corrected chi connectivity index (χ3v) is 3.95. The average molecular weight is 355 g/mol. The van der Waals surface area contributed by atoms with Gasteiger partial charge in [0.2, 0.25) is 5.91 Å². The standard InChI is InChI=1S/C12H10BrN3O3S/c13-8-3-1-7(2-4-8)6-14-16-12-15-11(19)9(20-12)5-10(17)18/h1-4,6,9H,5H2,(H,17,18)(H,15,16,19)/p-1/b14-6-/t9-/m1/s1. The van der Waals surface area contributed by atoms with Crippen LogP contribution in [0.25, 0.3) is 0 Å². The Morgan fingerprint density at radius 1 is 1.45 bits per heavy atom. The lowest BCUT2D eigenvalue weighted by Crippen LogP contribution is -2.31. The van der Waals surface area contributed by atoms with Crippen LogP contribution in [0.2, 0.25) is 0 Å². The van der Waals surface area contributed by atoms with Gasteiger partial charge in [0.1, 0.15) is 0 Å². The van der Waals surface area contributed by atoms with E-state index in [-0.39, 0.29) is 11.6 Å². The molecule has 0 spiro atoms. The fourth-order valence-electron chi connectivity index (χ4n) is 1.43. The van der Waals surface area contributed by atoms with Gasteiger partial charge in [-0.1, -0.05) is 39.8 Å². The Morgan fingerprint density at radius 3 is 2.80 bits per heavy atom.